The topological polar surface area (TPSA) is 38.0 Å². The Bertz CT molecular complexity index is 362. The molecule has 0 heterocycles. The third kappa shape index (κ3) is 3.87. The first kappa shape index (κ1) is 12.7. The zero-order chi connectivity index (χ0) is 11.9. The summed E-state index contributed by atoms with van der Waals surface area (Å²) in [6, 6.07) is 10.8. The van der Waals surface area contributed by atoms with Crippen molar-refractivity contribution in [3.8, 4) is 0 Å². The number of allylic oxidation sites excluding steroid dienone is 1. The molecule has 1 aliphatic rings. The Morgan fingerprint density at radius 1 is 1.24 bits per heavy atom. The number of hydrogen-bond acceptors (Lipinski definition) is 3. The van der Waals surface area contributed by atoms with Gasteiger partial charge in [-0.1, -0.05) is 29.8 Å². The number of thioether (sulfide) groups is 1. The van der Waals surface area contributed by atoms with E-state index in [1.54, 1.807) is 0 Å². The molecule has 3 N–H and O–H groups in total. The fourth-order valence-corrected chi connectivity index (χ4v) is 3.16. The van der Waals surface area contributed by atoms with Crippen LogP contribution in [0.4, 0.5) is 0 Å². The van der Waals surface area contributed by atoms with Crippen LogP contribution in [-0.2, 0) is 0 Å². The van der Waals surface area contributed by atoms with Gasteiger partial charge in [0.25, 0.3) is 0 Å². The SMILES string of the molecule is NNC(CSc1ccccc1)C1=CCCCC1. The van der Waals surface area contributed by atoms with Crippen LogP contribution in [0.5, 0.6) is 0 Å². The average Bonchev–Trinajstić information content (AvgIpc) is 2.42. The van der Waals surface area contributed by atoms with Gasteiger partial charge in [0.2, 0.25) is 0 Å². The molecule has 0 radical (unpaired) electrons. The summed E-state index contributed by atoms with van der Waals surface area (Å²) in [7, 11) is 0. The molecule has 17 heavy (non-hydrogen) atoms. The van der Waals surface area contributed by atoms with Crippen LogP contribution in [-0.4, -0.2) is 11.8 Å². The molecule has 0 spiro atoms. The highest BCUT2D eigenvalue weighted by molar-refractivity contribution is 7.99. The number of nitrogens with two attached hydrogens (primary N) is 1. The fraction of sp³-hybridized carbons (Fsp3) is 0.429. The second-order valence-electron chi connectivity index (χ2n) is 4.37. The monoisotopic (exact) mass is 248 g/mol. The van der Waals surface area contributed by atoms with Crippen molar-refractivity contribution in [1.29, 1.82) is 0 Å². The van der Waals surface area contributed by atoms with E-state index in [2.05, 4.69) is 35.8 Å². The molecule has 3 heteroatoms. The first-order valence-electron chi connectivity index (χ1n) is 6.23. The Labute approximate surface area is 108 Å². The molecule has 1 aliphatic carbocycles. The molecule has 92 valence electrons. The third-order valence-corrected chi connectivity index (χ3v) is 4.24. The van der Waals surface area contributed by atoms with E-state index in [9.17, 15) is 0 Å². The number of nitrogens with one attached hydrogen (secondary N) is 1. The van der Waals surface area contributed by atoms with Gasteiger partial charge in [-0.3, -0.25) is 11.3 Å². The summed E-state index contributed by atoms with van der Waals surface area (Å²) in [5, 5.41) is 0. The van der Waals surface area contributed by atoms with Gasteiger partial charge in [-0.05, 0) is 37.8 Å². The van der Waals surface area contributed by atoms with E-state index >= 15 is 0 Å². The molecule has 0 aliphatic heterocycles. The van der Waals surface area contributed by atoms with Crippen LogP contribution < -0.4 is 11.3 Å². The maximum absolute atomic E-state index is 5.66. The van der Waals surface area contributed by atoms with Crippen molar-refractivity contribution in [2.75, 3.05) is 5.75 Å². The summed E-state index contributed by atoms with van der Waals surface area (Å²) >= 11 is 1.86. The number of rotatable bonds is 5. The van der Waals surface area contributed by atoms with E-state index in [-0.39, 0.29) is 0 Å². The molecular formula is C14H20N2S. The van der Waals surface area contributed by atoms with Crippen LogP contribution in [0.15, 0.2) is 46.9 Å². The van der Waals surface area contributed by atoms with Gasteiger partial charge in [-0.25, -0.2) is 0 Å². The molecule has 0 amide bonds. The third-order valence-electron chi connectivity index (χ3n) is 3.13. The second kappa shape index (κ2) is 6.84. The average molecular weight is 248 g/mol. The lowest BCUT2D eigenvalue weighted by atomic mass is 9.95. The number of hydrazine groups is 1. The fourth-order valence-electron chi connectivity index (χ4n) is 2.14. The Balaban J connectivity index is 1.89. The van der Waals surface area contributed by atoms with Crippen molar-refractivity contribution in [2.24, 2.45) is 5.84 Å². The van der Waals surface area contributed by atoms with Gasteiger partial charge < -0.3 is 0 Å². The Kier molecular flexibility index (Phi) is 5.10. The molecule has 1 aromatic carbocycles. The van der Waals surface area contributed by atoms with E-state index < -0.39 is 0 Å². The molecule has 1 unspecified atom stereocenters. The minimum absolute atomic E-state index is 0.320. The van der Waals surface area contributed by atoms with Gasteiger partial charge in [0.05, 0.1) is 6.04 Å². The van der Waals surface area contributed by atoms with E-state index in [1.807, 2.05) is 17.8 Å². The maximum atomic E-state index is 5.66. The van der Waals surface area contributed by atoms with Crippen LogP contribution >= 0.6 is 11.8 Å². The summed E-state index contributed by atoms with van der Waals surface area (Å²) in [6.07, 6.45) is 7.40. The van der Waals surface area contributed by atoms with Gasteiger partial charge in [-0.15, -0.1) is 11.8 Å². The van der Waals surface area contributed by atoms with Crippen molar-refractivity contribution in [1.82, 2.24) is 5.43 Å². The largest absolute Gasteiger partial charge is 0.271 e. The van der Waals surface area contributed by atoms with Crippen LogP contribution in [0.3, 0.4) is 0 Å². The van der Waals surface area contributed by atoms with Crippen LogP contribution in [0, 0.1) is 0 Å². The highest BCUT2D eigenvalue weighted by Gasteiger charge is 2.14. The van der Waals surface area contributed by atoms with Crippen LogP contribution in [0.2, 0.25) is 0 Å². The zero-order valence-corrected chi connectivity index (χ0v) is 10.9. The smallest absolute Gasteiger partial charge is 0.0513 e. The standard InChI is InChI=1S/C14H20N2S/c15-16-14(12-7-3-1-4-8-12)11-17-13-9-5-2-6-10-13/h2,5-7,9-10,14,16H,1,3-4,8,11,15H2. The van der Waals surface area contributed by atoms with E-state index in [4.69, 9.17) is 5.84 Å². The van der Waals surface area contributed by atoms with E-state index in [0.29, 0.717) is 6.04 Å². The predicted octanol–water partition coefficient (Wildman–Crippen LogP) is 3.11. The quantitative estimate of drug-likeness (QED) is 0.364. The Morgan fingerprint density at radius 2 is 2.06 bits per heavy atom. The molecule has 2 rings (SSSR count). The molecular weight excluding hydrogens is 228 g/mol. The summed E-state index contributed by atoms with van der Waals surface area (Å²) in [4.78, 5) is 1.31. The molecule has 0 fully saturated rings. The van der Waals surface area contributed by atoms with Gasteiger partial charge in [0.1, 0.15) is 0 Å². The lowest BCUT2D eigenvalue weighted by molar-refractivity contribution is 0.582. The lowest BCUT2D eigenvalue weighted by Crippen LogP contribution is -2.38. The van der Waals surface area contributed by atoms with Gasteiger partial charge in [0, 0.05) is 10.6 Å². The summed E-state index contributed by atoms with van der Waals surface area (Å²) in [6.45, 7) is 0. The molecule has 0 saturated carbocycles. The van der Waals surface area contributed by atoms with Crippen molar-refractivity contribution >= 4 is 11.8 Å². The number of benzene rings is 1. The molecule has 0 saturated heterocycles. The normalized spacial score (nSPS) is 17.6. The highest BCUT2D eigenvalue weighted by Crippen LogP contribution is 2.25. The van der Waals surface area contributed by atoms with E-state index in [1.165, 1.54) is 36.2 Å². The van der Waals surface area contributed by atoms with Crippen molar-refractivity contribution in [2.45, 2.75) is 36.6 Å². The van der Waals surface area contributed by atoms with Crippen molar-refractivity contribution in [3.63, 3.8) is 0 Å². The zero-order valence-electron chi connectivity index (χ0n) is 10.1. The first-order valence-corrected chi connectivity index (χ1v) is 7.21. The second-order valence-corrected chi connectivity index (χ2v) is 5.46. The minimum Gasteiger partial charge on any atom is -0.271 e. The Morgan fingerprint density at radius 3 is 2.71 bits per heavy atom. The first-order chi connectivity index (χ1) is 8.40. The van der Waals surface area contributed by atoms with Crippen LogP contribution in [0.1, 0.15) is 25.7 Å². The lowest BCUT2D eigenvalue weighted by Gasteiger charge is -2.22. The molecule has 1 atom stereocenters. The number of hydrogen-bond donors (Lipinski definition) is 2. The highest BCUT2D eigenvalue weighted by atomic mass is 32.2. The summed E-state index contributed by atoms with van der Waals surface area (Å²) in [5.74, 6) is 6.67. The van der Waals surface area contributed by atoms with E-state index in [0.717, 1.165) is 5.75 Å². The molecule has 1 aromatic rings. The van der Waals surface area contributed by atoms with Crippen LogP contribution in [0.25, 0.3) is 0 Å². The molecule has 0 aromatic heterocycles. The predicted molar refractivity (Wildman–Crippen MR) is 74.8 cm³/mol. The van der Waals surface area contributed by atoms with Crippen molar-refractivity contribution in [3.05, 3.63) is 42.0 Å². The van der Waals surface area contributed by atoms with Crippen molar-refractivity contribution < 1.29 is 0 Å². The molecule has 0 bridgehead atoms. The van der Waals surface area contributed by atoms with Gasteiger partial charge in [0.15, 0.2) is 0 Å². The minimum atomic E-state index is 0.320. The summed E-state index contributed by atoms with van der Waals surface area (Å²) in [5.41, 5.74) is 4.44. The van der Waals surface area contributed by atoms with Gasteiger partial charge in [-0.2, -0.15) is 0 Å². The summed E-state index contributed by atoms with van der Waals surface area (Å²) < 4.78 is 0. The Hall–Kier alpha value is -0.770. The molecule has 2 nitrogen and oxygen atoms in total. The maximum Gasteiger partial charge on any atom is 0.0513 e. The van der Waals surface area contributed by atoms with Gasteiger partial charge >= 0.3 is 0 Å².